The molecule has 5 nitrogen and oxygen atoms in total. The monoisotopic (exact) mass is 275 g/mol. The van der Waals surface area contributed by atoms with Crippen LogP contribution < -0.4 is 10.1 Å². The summed E-state index contributed by atoms with van der Waals surface area (Å²) >= 11 is 4.67. The summed E-state index contributed by atoms with van der Waals surface area (Å²) in [5.41, 5.74) is 0.929. The maximum absolute atomic E-state index is 5.12. The zero-order valence-corrected chi connectivity index (χ0v) is 11.4. The first kappa shape index (κ1) is 13.3. The van der Waals surface area contributed by atoms with E-state index in [1.165, 1.54) is 0 Å². The van der Waals surface area contributed by atoms with Crippen LogP contribution in [0.2, 0.25) is 0 Å². The Labute approximate surface area is 116 Å². The molecule has 0 aliphatic carbocycles. The van der Waals surface area contributed by atoms with Crippen molar-refractivity contribution in [3.05, 3.63) is 41.7 Å². The van der Waals surface area contributed by atoms with E-state index >= 15 is 0 Å². The molecule has 1 unspecified atom stereocenters. The average molecular weight is 275 g/mol. The fourth-order valence-electron chi connectivity index (χ4n) is 1.60. The fourth-order valence-corrected chi connectivity index (χ4v) is 1.71. The Hall–Kier alpha value is -2.17. The van der Waals surface area contributed by atoms with Crippen LogP contribution in [0.4, 0.5) is 5.82 Å². The summed E-state index contributed by atoms with van der Waals surface area (Å²) < 4.78 is 10.1. The van der Waals surface area contributed by atoms with Crippen molar-refractivity contribution in [3.8, 4) is 5.75 Å². The number of aromatic nitrogens is 1. The molecule has 19 heavy (non-hydrogen) atoms. The SMILES string of the molecule is COc1ccc(C(N=C=S)Nc2cc(C)on2)cc1. The Morgan fingerprint density at radius 3 is 2.68 bits per heavy atom. The largest absolute Gasteiger partial charge is 0.497 e. The van der Waals surface area contributed by atoms with Gasteiger partial charge >= 0.3 is 0 Å². The number of hydrogen-bond donors (Lipinski definition) is 1. The fraction of sp³-hybridized carbons (Fsp3) is 0.231. The van der Waals surface area contributed by atoms with Crippen molar-refractivity contribution in [2.75, 3.05) is 12.4 Å². The molecule has 0 saturated carbocycles. The molecule has 0 aliphatic heterocycles. The van der Waals surface area contributed by atoms with Crippen LogP contribution in [-0.4, -0.2) is 17.4 Å². The molecule has 0 amide bonds. The number of benzene rings is 1. The minimum atomic E-state index is -0.354. The standard InChI is InChI=1S/C13H13N3O2S/c1-9-7-12(16-18-9)15-13(14-8-19)10-3-5-11(17-2)6-4-10/h3-7,13H,1-2H3,(H,15,16). The lowest BCUT2D eigenvalue weighted by atomic mass is 10.1. The highest BCUT2D eigenvalue weighted by Gasteiger charge is 2.11. The Balaban J connectivity index is 2.21. The molecule has 2 aromatic rings. The van der Waals surface area contributed by atoms with E-state index in [1.807, 2.05) is 31.2 Å². The van der Waals surface area contributed by atoms with Gasteiger partial charge in [-0.3, -0.25) is 0 Å². The minimum absolute atomic E-state index is 0.354. The van der Waals surface area contributed by atoms with E-state index in [9.17, 15) is 0 Å². The van der Waals surface area contributed by atoms with Gasteiger partial charge in [0.15, 0.2) is 12.0 Å². The molecule has 98 valence electrons. The van der Waals surface area contributed by atoms with Crippen LogP contribution in [0.3, 0.4) is 0 Å². The summed E-state index contributed by atoms with van der Waals surface area (Å²) in [4.78, 5) is 4.09. The predicted octanol–water partition coefficient (Wildman–Crippen LogP) is 3.21. The van der Waals surface area contributed by atoms with Crippen LogP contribution in [0.25, 0.3) is 0 Å². The first-order valence-corrected chi connectivity index (χ1v) is 6.04. The molecular weight excluding hydrogens is 262 g/mol. The van der Waals surface area contributed by atoms with Crippen molar-refractivity contribution in [3.63, 3.8) is 0 Å². The zero-order valence-electron chi connectivity index (χ0n) is 10.6. The predicted molar refractivity (Wildman–Crippen MR) is 75.6 cm³/mol. The van der Waals surface area contributed by atoms with Gasteiger partial charge in [0.05, 0.1) is 12.3 Å². The van der Waals surface area contributed by atoms with Gasteiger partial charge in [0.2, 0.25) is 0 Å². The summed E-state index contributed by atoms with van der Waals surface area (Å²) in [5, 5.41) is 9.36. The van der Waals surface area contributed by atoms with E-state index in [0.29, 0.717) is 5.82 Å². The molecule has 0 bridgehead atoms. The molecule has 2 rings (SSSR count). The third kappa shape index (κ3) is 3.40. The van der Waals surface area contributed by atoms with Crippen LogP contribution in [0.1, 0.15) is 17.5 Å². The molecule has 1 heterocycles. The smallest absolute Gasteiger partial charge is 0.171 e. The lowest BCUT2D eigenvalue weighted by molar-refractivity contribution is 0.399. The maximum atomic E-state index is 5.12. The number of hydrogen-bond acceptors (Lipinski definition) is 6. The van der Waals surface area contributed by atoms with E-state index in [4.69, 9.17) is 9.26 Å². The second-order valence-corrected chi connectivity index (χ2v) is 4.05. The number of nitrogens with zero attached hydrogens (tertiary/aromatic N) is 2. The molecular formula is C13H13N3O2S. The van der Waals surface area contributed by atoms with Crippen LogP contribution >= 0.6 is 12.2 Å². The first-order chi connectivity index (χ1) is 9.22. The lowest BCUT2D eigenvalue weighted by Crippen LogP contribution is -2.08. The van der Waals surface area contributed by atoms with Crippen LogP contribution in [-0.2, 0) is 0 Å². The molecule has 1 N–H and O–H groups in total. The molecule has 0 saturated heterocycles. The third-order valence-electron chi connectivity index (χ3n) is 2.53. The molecule has 6 heteroatoms. The van der Waals surface area contributed by atoms with Crippen molar-refractivity contribution in [1.82, 2.24) is 5.16 Å². The van der Waals surface area contributed by atoms with E-state index in [1.54, 1.807) is 13.2 Å². The van der Waals surface area contributed by atoms with Gasteiger partial charge in [0.1, 0.15) is 11.5 Å². The van der Waals surface area contributed by atoms with E-state index in [-0.39, 0.29) is 6.17 Å². The molecule has 0 fully saturated rings. The number of ether oxygens (including phenoxy) is 1. The lowest BCUT2D eigenvalue weighted by Gasteiger charge is -2.12. The quantitative estimate of drug-likeness (QED) is 0.670. The van der Waals surface area contributed by atoms with Crippen molar-refractivity contribution in [1.29, 1.82) is 0 Å². The second kappa shape index (κ2) is 6.13. The molecule has 1 aromatic heterocycles. The van der Waals surface area contributed by atoms with E-state index < -0.39 is 0 Å². The van der Waals surface area contributed by atoms with Crippen LogP contribution in [0.5, 0.6) is 5.75 Å². The maximum Gasteiger partial charge on any atom is 0.171 e. The number of aryl methyl sites for hydroxylation is 1. The van der Waals surface area contributed by atoms with Gasteiger partial charge < -0.3 is 14.6 Å². The topological polar surface area (TPSA) is 59.6 Å². The zero-order chi connectivity index (χ0) is 13.7. The van der Waals surface area contributed by atoms with Crippen molar-refractivity contribution in [2.24, 2.45) is 4.99 Å². The van der Waals surface area contributed by atoms with E-state index in [2.05, 4.69) is 32.8 Å². The molecule has 0 aliphatic rings. The first-order valence-electron chi connectivity index (χ1n) is 5.63. The Bertz CT molecular complexity index is 588. The number of aliphatic imine (C=N–C) groups is 1. The van der Waals surface area contributed by atoms with Crippen LogP contribution in [0.15, 0.2) is 39.8 Å². The van der Waals surface area contributed by atoms with Gasteiger partial charge in [-0.15, -0.1) is 0 Å². The number of methoxy groups -OCH3 is 1. The normalized spacial score (nSPS) is 11.5. The average Bonchev–Trinajstić information content (AvgIpc) is 2.84. The molecule has 1 atom stereocenters. The third-order valence-corrected chi connectivity index (χ3v) is 2.63. The molecule has 0 spiro atoms. The van der Waals surface area contributed by atoms with Crippen molar-refractivity contribution >= 4 is 23.2 Å². The summed E-state index contributed by atoms with van der Waals surface area (Å²) in [6, 6.07) is 9.31. The van der Waals surface area contributed by atoms with Gasteiger partial charge in [0.25, 0.3) is 0 Å². The number of isothiocyanates is 1. The second-order valence-electron chi connectivity index (χ2n) is 3.86. The summed E-state index contributed by atoms with van der Waals surface area (Å²) in [5.74, 6) is 2.11. The Morgan fingerprint density at radius 1 is 1.42 bits per heavy atom. The van der Waals surface area contributed by atoms with Gasteiger partial charge in [0, 0.05) is 6.07 Å². The number of thiocarbonyl (C=S) groups is 1. The summed E-state index contributed by atoms with van der Waals surface area (Å²) in [7, 11) is 1.62. The number of anilines is 1. The van der Waals surface area contributed by atoms with Crippen LogP contribution in [0, 0.1) is 6.92 Å². The Kier molecular flexibility index (Phi) is 4.28. The van der Waals surface area contributed by atoms with Gasteiger partial charge in [-0.05, 0) is 36.8 Å². The van der Waals surface area contributed by atoms with Crippen molar-refractivity contribution < 1.29 is 9.26 Å². The highest BCUT2D eigenvalue weighted by atomic mass is 32.1. The summed E-state index contributed by atoms with van der Waals surface area (Å²) in [6.07, 6.45) is -0.354. The van der Waals surface area contributed by atoms with Gasteiger partial charge in [-0.2, -0.15) is 0 Å². The van der Waals surface area contributed by atoms with E-state index in [0.717, 1.165) is 17.1 Å². The van der Waals surface area contributed by atoms with Crippen molar-refractivity contribution in [2.45, 2.75) is 13.1 Å². The van der Waals surface area contributed by atoms with Gasteiger partial charge in [-0.25, -0.2) is 4.99 Å². The molecule has 1 aromatic carbocycles. The highest BCUT2D eigenvalue weighted by Crippen LogP contribution is 2.22. The van der Waals surface area contributed by atoms with Gasteiger partial charge in [-0.1, -0.05) is 17.3 Å². The number of rotatable bonds is 5. The Morgan fingerprint density at radius 2 is 2.16 bits per heavy atom. The molecule has 0 radical (unpaired) electrons. The highest BCUT2D eigenvalue weighted by molar-refractivity contribution is 7.78. The minimum Gasteiger partial charge on any atom is -0.497 e. The summed E-state index contributed by atoms with van der Waals surface area (Å²) in [6.45, 7) is 1.82. The number of nitrogens with one attached hydrogen (secondary N) is 1.